The minimum Gasteiger partial charge on any atom is -0.485 e. The van der Waals surface area contributed by atoms with E-state index in [4.69, 9.17) is 4.74 Å². The molecule has 0 bridgehead atoms. The summed E-state index contributed by atoms with van der Waals surface area (Å²) in [6.45, 7) is 3.31. The Labute approximate surface area is 132 Å². The van der Waals surface area contributed by atoms with Crippen molar-refractivity contribution in [1.29, 1.82) is 0 Å². The van der Waals surface area contributed by atoms with Crippen molar-refractivity contribution >= 4 is 5.91 Å². The zero-order valence-corrected chi connectivity index (χ0v) is 13.6. The number of fused-ring (bicyclic) bond motifs is 1. The molecule has 0 unspecified atom stereocenters. The summed E-state index contributed by atoms with van der Waals surface area (Å²) in [5, 5.41) is 3.37. The van der Waals surface area contributed by atoms with Gasteiger partial charge in [0.15, 0.2) is 0 Å². The standard InChI is InChI=1S/C18H26N2O2/c1-3-17(21)20-12-14-6-4-5-7-16(14)22-18(13-20)10-8-15(19-2)9-11-18/h4-7,15,19H,3,8-13H2,1-2H3. The molecule has 22 heavy (non-hydrogen) atoms. The van der Waals surface area contributed by atoms with Crippen molar-refractivity contribution in [1.82, 2.24) is 10.2 Å². The largest absolute Gasteiger partial charge is 0.485 e. The second-order valence-electron chi connectivity index (χ2n) is 6.56. The molecule has 0 aromatic heterocycles. The molecular weight excluding hydrogens is 276 g/mol. The number of hydrogen-bond acceptors (Lipinski definition) is 3. The van der Waals surface area contributed by atoms with Gasteiger partial charge in [-0.05, 0) is 38.8 Å². The molecule has 2 aliphatic rings. The fourth-order valence-corrected chi connectivity index (χ4v) is 3.70. The molecule has 1 N–H and O–H groups in total. The third kappa shape index (κ3) is 2.98. The molecule has 4 nitrogen and oxygen atoms in total. The normalized spacial score (nSPS) is 27.9. The average molecular weight is 302 g/mol. The molecule has 1 aromatic rings. The third-order valence-electron chi connectivity index (χ3n) is 5.10. The summed E-state index contributed by atoms with van der Waals surface area (Å²) in [4.78, 5) is 14.3. The molecule has 3 rings (SSSR count). The lowest BCUT2D eigenvalue weighted by Gasteiger charge is -2.41. The molecule has 1 spiro atoms. The summed E-state index contributed by atoms with van der Waals surface area (Å²) in [5.74, 6) is 1.17. The molecule has 1 amide bonds. The van der Waals surface area contributed by atoms with Crippen LogP contribution in [0.1, 0.15) is 44.6 Å². The topological polar surface area (TPSA) is 41.6 Å². The molecule has 0 saturated heterocycles. The highest BCUT2D eigenvalue weighted by Crippen LogP contribution is 2.38. The van der Waals surface area contributed by atoms with Gasteiger partial charge in [-0.3, -0.25) is 4.79 Å². The fraction of sp³-hybridized carbons (Fsp3) is 0.611. The van der Waals surface area contributed by atoms with Crippen molar-refractivity contribution < 1.29 is 9.53 Å². The Morgan fingerprint density at radius 1 is 1.36 bits per heavy atom. The maximum Gasteiger partial charge on any atom is 0.222 e. The summed E-state index contributed by atoms with van der Waals surface area (Å²) in [6.07, 6.45) is 4.76. The van der Waals surface area contributed by atoms with Crippen LogP contribution in [0, 0.1) is 0 Å². The number of amides is 1. The molecule has 0 radical (unpaired) electrons. The maximum atomic E-state index is 12.3. The molecule has 1 aliphatic heterocycles. The van der Waals surface area contributed by atoms with Crippen molar-refractivity contribution in [2.75, 3.05) is 13.6 Å². The van der Waals surface area contributed by atoms with Crippen LogP contribution in [0.3, 0.4) is 0 Å². The molecule has 4 heteroatoms. The Hall–Kier alpha value is -1.55. The quantitative estimate of drug-likeness (QED) is 0.913. The van der Waals surface area contributed by atoms with Crippen LogP contribution in [0.2, 0.25) is 0 Å². The van der Waals surface area contributed by atoms with Gasteiger partial charge in [-0.25, -0.2) is 0 Å². The predicted octanol–water partition coefficient (Wildman–Crippen LogP) is 2.72. The SMILES string of the molecule is CCC(=O)N1Cc2ccccc2OC2(CCC(NC)CC2)C1. The van der Waals surface area contributed by atoms with Gasteiger partial charge >= 0.3 is 0 Å². The van der Waals surface area contributed by atoms with Gasteiger partial charge in [0.1, 0.15) is 11.4 Å². The highest BCUT2D eigenvalue weighted by molar-refractivity contribution is 5.76. The van der Waals surface area contributed by atoms with Crippen LogP contribution in [-0.2, 0) is 11.3 Å². The Morgan fingerprint density at radius 2 is 2.09 bits per heavy atom. The zero-order chi connectivity index (χ0) is 15.6. The van der Waals surface area contributed by atoms with E-state index in [2.05, 4.69) is 11.4 Å². The smallest absolute Gasteiger partial charge is 0.222 e. The average Bonchev–Trinajstić information content (AvgIpc) is 2.71. The lowest BCUT2D eigenvalue weighted by atomic mass is 9.81. The minimum absolute atomic E-state index is 0.217. The van der Waals surface area contributed by atoms with Crippen LogP contribution in [0.4, 0.5) is 0 Å². The number of para-hydroxylation sites is 1. The van der Waals surface area contributed by atoms with Gasteiger partial charge in [0, 0.05) is 24.6 Å². The van der Waals surface area contributed by atoms with Crippen LogP contribution in [-0.4, -0.2) is 36.0 Å². The number of carbonyl (C=O) groups is 1. The number of carbonyl (C=O) groups excluding carboxylic acids is 1. The van der Waals surface area contributed by atoms with Crippen LogP contribution >= 0.6 is 0 Å². The summed E-state index contributed by atoms with van der Waals surface area (Å²) in [5.41, 5.74) is 0.905. The molecule has 120 valence electrons. The summed E-state index contributed by atoms with van der Waals surface area (Å²) in [6, 6.07) is 8.73. The van der Waals surface area contributed by atoms with E-state index in [1.54, 1.807) is 0 Å². The van der Waals surface area contributed by atoms with E-state index in [0.717, 1.165) is 37.0 Å². The van der Waals surface area contributed by atoms with E-state index in [0.29, 0.717) is 25.6 Å². The van der Waals surface area contributed by atoms with E-state index in [1.165, 1.54) is 0 Å². The number of rotatable bonds is 2. The molecule has 0 atom stereocenters. The van der Waals surface area contributed by atoms with Gasteiger partial charge in [-0.15, -0.1) is 0 Å². The van der Waals surface area contributed by atoms with E-state index in [-0.39, 0.29) is 11.5 Å². The molecule has 1 saturated carbocycles. The second-order valence-corrected chi connectivity index (χ2v) is 6.56. The predicted molar refractivity (Wildman–Crippen MR) is 86.8 cm³/mol. The van der Waals surface area contributed by atoms with Crippen molar-refractivity contribution in [2.24, 2.45) is 0 Å². The van der Waals surface area contributed by atoms with Gasteiger partial charge in [0.05, 0.1) is 6.54 Å². The Morgan fingerprint density at radius 3 is 2.77 bits per heavy atom. The molecule has 1 fully saturated rings. The van der Waals surface area contributed by atoms with E-state index < -0.39 is 0 Å². The van der Waals surface area contributed by atoms with Crippen molar-refractivity contribution in [2.45, 2.75) is 57.2 Å². The second kappa shape index (κ2) is 6.29. The van der Waals surface area contributed by atoms with Gasteiger partial charge in [-0.1, -0.05) is 25.1 Å². The van der Waals surface area contributed by atoms with Crippen LogP contribution in [0.5, 0.6) is 5.75 Å². The Bertz CT molecular complexity index is 536. The lowest BCUT2D eigenvalue weighted by molar-refractivity contribution is -0.134. The third-order valence-corrected chi connectivity index (χ3v) is 5.10. The number of hydrogen-bond donors (Lipinski definition) is 1. The molecular formula is C18H26N2O2. The highest BCUT2D eigenvalue weighted by atomic mass is 16.5. The van der Waals surface area contributed by atoms with Gasteiger partial charge in [0.25, 0.3) is 0 Å². The van der Waals surface area contributed by atoms with E-state index >= 15 is 0 Å². The number of benzene rings is 1. The van der Waals surface area contributed by atoms with Crippen LogP contribution in [0.15, 0.2) is 24.3 Å². The highest BCUT2D eigenvalue weighted by Gasteiger charge is 2.41. The molecule has 1 heterocycles. The summed E-state index contributed by atoms with van der Waals surface area (Å²) in [7, 11) is 2.03. The van der Waals surface area contributed by atoms with E-state index in [9.17, 15) is 4.79 Å². The number of ether oxygens (including phenoxy) is 1. The van der Waals surface area contributed by atoms with E-state index in [1.807, 2.05) is 37.1 Å². The first kappa shape index (κ1) is 15.3. The Kier molecular flexibility index (Phi) is 4.39. The van der Waals surface area contributed by atoms with Crippen LogP contribution in [0.25, 0.3) is 0 Å². The number of nitrogens with zero attached hydrogens (tertiary/aromatic N) is 1. The summed E-state index contributed by atoms with van der Waals surface area (Å²) >= 11 is 0. The zero-order valence-electron chi connectivity index (χ0n) is 13.6. The van der Waals surface area contributed by atoms with Gasteiger partial charge in [0.2, 0.25) is 5.91 Å². The van der Waals surface area contributed by atoms with Crippen molar-refractivity contribution in [3.63, 3.8) is 0 Å². The Balaban J connectivity index is 1.89. The monoisotopic (exact) mass is 302 g/mol. The van der Waals surface area contributed by atoms with Crippen LogP contribution < -0.4 is 10.1 Å². The first-order valence-corrected chi connectivity index (χ1v) is 8.38. The molecule has 1 aromatic carbocycles. The van der Waals surface area contributed by atoms with Gasteiger partial charge in [-0.2, -0.15) is 0 Å². The first-order valence-electron chi connectivity index (χ1n) is 8.38. The van der Waals surface area contributed by atoms with Crippen molar-refractivity contribution in [3.05, 3.63) is 29.8 Å². The number of nitrogens with one attached hydrogen (secondary N) is 1. The maximum absolute atomic E-state index is 12.3. The minimum atomic E-state index is -0.217. The van der Waals surface area contributed by atoms with Gasteiger partial charge < -0.3 is 15.0 Å². The first-order chi connectivity index (χ1) is 10.7. The lowest BCUT2D eigenvalue weighted by Crippen LogP contribution is -2.51. The fourth-order valence-electron chi connectivity index (χ4n) is 3.70. The summed E-state index contributed by atoms with van der Waals surface area (Å²) < 4.78 is 6.48. The molecule has 1 aliphatic carbocycles. The van der Waals surface area contributed by atoms with Crippen molar-refractivity contribution in [3.8, 4) is 5.75 Å².